The van der Waals surface area contributed by atoms with Crippen LogP contribution in [-0.4, -0.2) is 31.7 Å². The Balaban J connectivity index is 0. The van der Waals surface area contributed by atoms with Gasteiger partial charge in [0.2, 0.25) is 0 Å². The monoisotopic (exact) mass is 321 g/mol. The van der Waals surface area contributed by atoms with Crippen LogP contribution in [0.2, 0.25) is 0 Å². The molecule has 0 atom stereocenters. The van der Waals surface area contributed by atoms with Crippen molar-refractivity contribution in [3.05, 3.63) is 0 Å². The minimum absolute atomic E-state index is 0. The van der Waals surface area contributed by atoms with Gasteiger partial charge in [-0.25, -0.2) is 0 Å². The Morgan fingerprint density at radius 1 is 0.556 bits per heavy atom. The fourth-order valence-electron chi connectivity index (χ4n) is 2.57. The van der Waals surface area contributed by atoms with E-state index in [1.54, 1.807) is 0 Å². The number of quaternary nitrogens is 1. The van der Waals surface area contributed by atoms with E-state index in [-0.39, 0.29) is 17.0 Å². The van der Waals surface area contributed by atoms with Gasteiger partial charge in [0.05, 0.1) is 27.2 Å². The summed E-state index contributed by atoms with van der Waals surface area (Å²) >= 11 is 0. The molecule has 0 aromatic carbocycles. The largest absolute Gasteiger partial charge is 1.00 e. The molecule has 0 unspecified atom stereocenters. The molecule has 112 valence electrons. The van der Waals surface area contributed by atoms with E-state index in [1.165, 1.54) is 81.8 Å². The van der Waals surface area contributed by atoms with Crippen molar-refractivity contribution in [2.75, 3.05) is 27.2 Å². The van der Waals surface area contributed by atoms with Crippen molar-refractivity contribution in [1.29, 1.82) is 0 Å². The van der Waals surface area contributed by atoms with Crippen LogP contribution in [0.4, 0.5) is 0 Å². The smallest absolute Gasteiger partial charge is 0.0782 e. The fraction of sp³-hybridized carbons (Fsp3) is 1.00. The highest BCUT2D eigenvalue weighted by atomic mass is 79.9. The summed E-state index contributed by atoms with van der Waals surface area (Å²) in [5.74, 6) is 0. The summed E-state index contributed by atoms with van der Waals surface area (Å²) in [4.78, 5) is 0. The minimum atomic E-state index is 0. The van der Waals surface area contributed by atoms with E-state index in [0.717, 1.165) is 0 Å². The Kier molecular flexibility index (Phi) is 16.0. The number of halogens is 1. The molecule has 0 aromatic rings. The zero-order valence-electron chi connectivity index (χ0n) is 13.3. The van der Waals surface area contributed by atoms with Gasteiger partial charge in [-0.15, -0.1) is 0 Å². The zero-order chi connectivity index (χ0) is 13.0. The van der Waals surface area contributed by atoms with Crippen LogP contribution in [0.1, 0.15) is 78.1 Å². The van der Waals surface area contributed by atoms with Crippen LogP contribution >= 0.6 is 0 Å². The van der Waals surface area contributed by atoms with E-state index in [4.69, 9.17) is 0 Å². The molecule has 0 aliphatic rings. The first kappa shape index (κ1) is 20.8. The van der Waals surface area contributed by atoms with Crippen LogP contribution in [0, 0.1) is 0 Å². The maximum absolute atomic E-state index is 2.37. The Hall–Kier alpha value is 0.440. The van der Waals surface area contributed by atoms with Crippen molar-refractivity contribution < 1.29 is 21.5 Å². The van der Waals surface area contributed by atoms with Crippen LogP contribution < -0.4 is 17.0 Å². The Morgan fingerprint density at radius 2 is 1.00 bits per heavy atom. The normalized spacial score (nSPS) is 11.3. The number of hydrogen-bond acceptors (Lipinski definition) is 0. The van der Waals surface area contributed by atoms with Crippen molar-refractivity contribution in [1.82, 2.24) is 0 Å². The maximum atomic E-state index is 2.37. The predicted molar refractivity (Wildman–Crippen MR) is 79.4 cm³/mol. The number of nitrogens with zero attached hydrogens (tertiary/aromatic N) is 1. The van der Waals surface area contributed by atoms with Crippen LogP contribution in [-0.2, 0) is 0 Å². The molecule has 0 saturated carbocycles. The highest BCUT2D eigenvalue weighted by molar-refractivity contribution is 4.47. The molecule has 0 aliphatic heterocycles. The third-order valence-electron chi connectivity index (χ3n) is 3.70. The molecule has 0 fully saturated rings. The lowest BCUT2D eigenvalue weighted by molar-refractivity contribution is -0.890. The predicted octanol–water partition coefficient (Wildman–Crippen LogP) is 2.01. The Labute approximate surface area is 127 Å². The maximum Gasteiger partial charge on any atom is 0.0782 e. The molecular formula is C16H36BrN. The van der Waals surface area contributed by atoms with Crippen molar-refractivity contribution in [2.24, 2.45) is 0 Å². The van der Waals surface area contributed by atoms with Crippen LogP contribution in [0.25, 0.3) is 0 Å². The Bertz CT molecular complexity index is 157. The minimum Gasteiger partial charge on any atom is -1.00 e. The standard InChI is InChI=1S/C16H36N.BrH/c1-5-7-8-9-10-11-12-13-14-16-17(3,4)15-6-2;/h5-16H2,1-4H3;1H/q+1;/p-1. The first-order valence-electron chi connectivity index (χ1n) is 7.94. The second-order valence-corrected chi connectivity index (χ2v) is 6.21. The summed E-state index contributed by atoms with van der Waals surface area (Å²) in [7, 11) is 4.74. The highest BCUT2D eigenvalue weighted by Gasteiger charge is 2.11. The first-order valence-corrected chi connectivity index (χ1v) is 7.94. The van der Waals surface area contributed by atoms with Gasteiger partial charge in [-0.2, -0.15) is 0 Å². The molecule has 0 radical (unpaired) electrons. The molecule has 0 heterocycles. The molecule has 0 amide bonds. The molecule has 2 heteroatoms. The number of unbranched alkanes of at least 4 members (excludes halogenated alkanes) is 8. The van der Waals surface area contributed by atoms with Crippen molar-refractivity contribution >= 4 is 0 Å². The molecule has 0 N–H and O–H groups in total. The summed E-state index contributed by atoms with van der Waals surface area (Å²) in [6.45, 7) is 7.27. The molecule has 0 aliphatic carbocycles. The van der Waals surface area contributed by atoms with Crippen LogP contribution in [0.3, 0.4) is 0 Å². The van der Waals surface area contributed by atoms with E-state index in [2.05, 4.69) is 27.9 Å². The van der Waals surface area contributed by atoms with Gasteiger partial charge in [0.1, 0.15) is 0 Å². The molecule has 0 saturated heterocycles. The molecule has 0 bridgehead atoms. The summed E-state index contributed by atoms with van der Waals surface area (Å²) in [6, 6.07) is 0. The quantitative estimate of drug-likeness (QED) is 0.381. The topological polar surface area (TPSA) is 0 Å². The van der Waals surface area contributed by atoms with Gasteiger partial charge >= 0.3 is 0 Å². The van der Waals surface area contributed by atoms with E-state index in [1.807, 2.05) is 0 Å². The summed E-state index contributed by atoms with van der Waals surface area (Å²) in [5, 5.41) is 0. The van der Waals surface area contributed by atoms with Gasteiger partial charge in [-0.3, -0.25) is 0 Å². The van der Waals surface area contributed by atoms with E-state index >= 15 is 0 Å². The molecule has 1 nitrogen and oxygen atoms in total. The first-order chi connectivity index (χ1) is 8.12. The molecule has 0 aromatic heterocycles. The fourth-order valence-corrected chi connectivity index (χ4v) is 2.57. The third-order valence-corrected chi connectivity index (χ3v) is 3.70. The van der Waals surface area contributed by atoms with E-state index < -0.39 is 0 Å². The second-order valence-electron chi connectivity index (χ2n) is 6.21. The molecule has 0 rings (SSSR count). The average Bonchev–Trinajstić information content (AvgIpc) is 2.27. The number of hydrogen-bond donors (Lipinski definition) is 0. The number of rotatable bonds is 12. The van der Waals surface area contributed by atoms with Crippen molar-refractivity contribution in [3.63, 3.8) is 0 Å². The Morgan fingerprint density at radius 3 is 1.44 bits per heavy atom. The average molecular weight is 322 g/mol. The molecular weight excluding hydrogens is 286 g/mol. The van der Waals surface area contributed by atoms with Gasteiger partial charge in [0.25, 0.3) is 0 Å². The second kappa shape index (κ2) is 13.9. The highest BCUT2D eigenvalue weighted by Crippen LogP contribution is 2.11. The summed E-state index contributed by atoms with van der Waals surface area (Å²) < 4.78 is 1.22. The molecule has 0 spiro atoms. The lowest BCUT2D eigenvalue weighted by Crippen LogP contribution is -3.00. The van der Waals surface area contributed by atoms with Gasteiger partial charge in [0, 0.05) is 0 Å². The van der Waals surface area contributed by atoms with Crippen LogP contribution in [0.5, 0.6) is 0 Å². The van der Waals surface area contributed by atoms with E-state index in [9.17, 15) is 0 Å². The SMILES string of the molecule is CCCCCCCCCCC[N+](C)(C)CCC.[Br-]. The van der Waals surface area contributed by atoms with E-state index in [0.29, 0.717) is 0 Å². The van der Waals surface area contributed by atoms with Gasteiger partial charge in [-0.05, 0) is 19.3 Å². The molecule has 18 heavy (non-hydrogen) atoms. The van der Waals surface area contributed by atoms with Gasteiger partial charge in [0.15, 0.2) is 0 Å². The van der Waals surface area contributed by atoms with Crippen molar-refractivity contribution in [3.8, 4) is 0 Å². The van der Waals surface area contributed by atoms with Gasteiger partial charge < -0.3 is 21.5 Å². The lowest BCUT2D eigenvalue weighted by atomic mass is 10.1. The lowest BCUT2D eigenvalue weighted by Gasteiger charge is -2.29. The van der Waals surface area contributed by atoms with Crippen LogP contribution in [0.15, 0.2) is 0 Å². The zero-order valence-corrected chi connectivity index (χ0v) is 14.9. The van der Waals surface area contributed by atoms with Crippen molar-refractivity contribution in [2.45, 2.75) is 78.1 Å². The summed E-state index contributed by atoms with van der Waals surface area (Å²) in [5.41, 5.74) is 0. The van der Waals surface area contributed by atoms with Gasteiger partial charge in [-0.1, -0.05) is 58.8 Å². The summed E-state index contributed by atoms with van der Waals surface area (Å²) in [6.07, 6.45) is 14.3. The third kappa shape index (κ3) is 14.5.